The van der Waals surface area contributed by atoms with Crippen LogP contribution in [-0.4, -0.2) is 25.6 Å². The molecule has 110 valence electrons. The molecule has 0 amide bonds. The zero-order valence-corrected chi connectivity index (χ0v) is 13.5. The maximum Gasteiger partial charge on any atom is 0.130 e. The molecule has 0 fully saturated rings. The van der Waals surface area contributed by atoms with Gasteiger partial charge < -0.3 is 5.73 Å². The normalized spacial score (nSPS) is 12.9. The molecule has 0 saturated heterocycles. The first-order valence-electron chi connectivity index (χ1n) is 6.73. The fourth-order valence-corrected chi connectivity index (χ4v) is 2.87. The van der Waals surface area contributed by atoms with Crippen LogP contribution in [0.15, 0.2) is 0 Å². The Balaban J connectivity index is 2.15. The van der Waals surface area contributed by atoms with Gasteiger partial charge in [-0.15, -0.1) is 0 Å². The van der Waals surface area contributed by atoms with Gasteiger partial charge in [0.05, 0.1) is 11.4 Å². The summed E-state index contributed by atoms with van der Waals surface area (Å²) in [6.45, 7) is 6.07. The summed E-state index contributed by atoms with van der Waals surface area (Å²) in [7, 11) is 3.80. The van der Waals surface area contributed by atoms with Gasteiger partial charge in [-0.2, -0.15) is 10.2 Å². The van der Waals surface area contributed by atoms with Gasteiger partial charge in [0.2, 0.25) is 0 Å². The molecule has 2 heterocycles. The predicted molar refractivity (Wildman–Crippen MR) is 81.0 cm³/mol. The number of halogens is 1. The molecule has 0 aliphatic heterocycles. The lowest BCUT2D eigenvalue weighted by atomic mass is 9.99. The van der Waals surface area contributed by atoms with E-state index < -0.39 is 0 Å². The van der Waals surface area contributed by atoms with Crippen LogP contribution in [0.5, 0.6) is 0 Å². The van der Waals surface area contributed by atoms with Gasteiger partial charge in [0.1, 0.15) is 5.15 Å². The fraction of sp³-hybridized carbons (Fsp3) is 0.571. The summed E-state index contributed by atoms with van der Waals surface area (Å²) in [6, 6.07) is 0.0111. The Labute approximate surface area is 124 Å². The van der Waals surface area contributed by atoms with Crippen LogP contribution < -0.4 is 5.73 Å². The highest BCUT2D eigenvalue weighted by atomic mass is 35.5. The number of aromatic nitrogens is 4. The standard InChI is InChI=1S/C14H22ClN5/c1-8-12(10(3)19(4)17-8)6-11(16)7-13-9(2)18-20(5)14(13)15/h11H,6-7,16H2,1-5H3. The highest BCUT2D eigenvalue weighted by Crippen LogP contribution is 2.22. The van der Waals surface area contributed by atoms with Gasteiger partial charge in [-0.1, -0.05) is 11.6 Å². The first kappa shape index (κ1) is 15.1. The van der Waals surface area contributed by atoms with Crippen molar-refractivity contribution in [3.63, 3.8) is 0 Å². The van der Waals surface area contributed by atoms with Crippen LogP contribution in [0, 0.1) is 20.8 Å². The third kappa shape index (κ3) is 2.74. The van der Waals surface area contributed by atoms with Gasteiger partial charge in [0.15, 0.2) is 0 Å². The van der Waals surface area contributed by atoms with E-state index in [0.717, 1.165) is 29.8 Å². The smallest absolute Gasteiger partial charge is 0.130 e. The molecule has 20 heavy (non-hydrogen) atoms. The predicted octanol–water partition coefficient (Wildman–Crippen LogP) is 1.84. The van der Waals surface area contributed by atoms with Crippen LogP contribution in [0.25, 0.3) is 0 Å². The zero-order chi connectivity index (χ0) is 15.0. The summed E-state index contributed by atoms with van der Waals surface area (Å²) in [4.78, 5) is 0. The van der Waals surface area contributed by atoms with Crippen LogP contribution in [0.3, 0.4) is 0 Å². The number of rotatable bonds is 4. The third-order valence-electron chi connectivity index (χ3n) is 3.86. The van der Waals surface area contributed by atoms with Crippen LogP contribution >= 0.6 is 11.6 Å². The summed E-state index contributed by atoms with van der Waals surface area (Å²) >= 11 is 6.26. The maximum absolute atomic E-state index is 6.30. The average molecular weight is 296 g/mol. The SMILES string of the molecule is Cc1nn(C)c(C)c1CC(N)Cc1c(C)nn(C)c1Cl. The molecule has 2 aromatic heterocycles. The van der Waals surface area contributed by atoms with Crippen molar-refractivity contribution in [2.75, 3.05) is 0 Å². The van der Waals surface area contributed by atoms with E-state index >= 15 is 0 Å². The summed E-state index contributed by atoms with van der Waals surface area (Å²) in [6.07, 6.45) is 1.53. The van der Waals surface area contributed by atoms with Crippen molar-refractivity contribution < 1.29 is 0 Å². The lowest BCUT2D eigenvalue weighted by molar-refractivity contribution is 0.656. The van der Waals surface area contributed by atoms with Crippen molar-refractivity contribution in [1.82, 2.24) is 19.6 Å². The molecule has 0 aromatic carbocycles. The highest BCUT2D eigenvalue weighted by Gasteiger charge is 2.18. The van der Waals surface area contributed by atoms with E-state index in [1.807, 2.05) is 32.6 Å². The highest BCUT2D eigenvalue weighted by molar-refractivity contribution is 6.30. The van der Waals surface area contributed by atoms with E-state index in [1.54, 1.807) is 4.68 Å². The molecule has 2 aromatic rings. The van der Waals surface area contributed by atoms with Gasteiger partial charge in [0, 0.05) is 31.4 Å². The lowest BCUT2D eigenvalue weighted by Crippen LogP contribution is -2.26. The Morgan fingerprint density at radius 1 is 1.00 bits per heavy atom. The Hall–Kier alpha value is -1.33. The second kappa shape index (κ2) is 5.58. The number of hydrogen-bond acceptors (Lipinski definition) is 3. The number of nitrogens with two attached hydrogens (primary N) is 1. The number of aryl methyl sites for hydroxylation is 4. The summed E-state index contributed by atoms with van der Waals surface area (Å²) < 4.78 is 3.60. The number of hydrogen-bond donors (Lipinski definition) is 1. The van der Waals surface area contributed by atoms with Gasteiger partial charge >= 0.3 is 0 Å². The Kier molecular flexibility index (Phi) is 4.20. The second-order valence-electron chi connectivity index (χ2n) is 5.42. The quantitative estimate of drug-likeness (QED) is 0.936. The van der Waals surface area contributed by atoms with Crippen molar-refractivity contribution in [2.45, 2.75) is 39.7 Å². The van der Waals surface area contributed by atoms with E-state index in [2.05, 4.69) is 17.1 Å². The average Bonchev–Trinajstić information content (AvgIpc) is 2.74. The van der Waals surface area contributed by atoms with Crippen LogP contribution in [-0.2, 0) is 26.9 Å². The van der Waals surface area contributed by atoms with Crippen molar-refractivity contribution in [2.24, 2.45) is 19.8 Å². The minimum absolute atomic E-state index is 0.0111. The fourth-order valence-electron chi connectivity index (χ4n) is 2.62. The van der Waals surface area contributed by atoms with Crippen LogP contribution in [0.4, 0.5) is 0 Å². The van der Waals surface area contributed by atoms with Gasteiger partial charge in [-0.05, 0) is 39.2 Å². The first-order chi connectivity index (χ1) is 9.31. The van der Waals surface area contributed by atoms with Crippen molar-refractivity contribution >= 4 is 11.6 Å². The Morgan fingerprint density at radius 3 is 1.95 bits per heavy atom. The van der Waals surface area contributed by atoms with E-state index in [0.29, 0.717) is 5.15 Å². The lowest BCUT2D eigenvalue weighted by Gasteiger charge is -2.12. The molecular formula is C14H22ClN5. The van der Waals surface area contributed by atoms with E-state index in [9.17, 15) is 0 Å². The molecule has 6 heteroatoms. The van der Waals surface area contributed by atoms with E-state index in [1.165, 1.54) is 11.3 Å². The molecule has 1 unspecified atom stereocenters. The molecule has 0 bridgehead atoms. The summed E-state index contributed by atoms with van der Waals surface area (Å²) in [5.41, 5.74) is 11.8. The Bertz CT molecular complexity index is 572. The first-order valence-corrected chi connectivity index (χ1v) is 7.11. The van der Waals surface area contributed by atoms with Gasteiger partial charge in [0.25, 0.3) is 0 Å². The topological polar surface area (TPSA) is 61.7 Å². The van der Waals surface area contributed by atoms with Crippen molar-refractivity contribution in [1.29, 1.82) is 0 Å². The molecule has 2 N–H and O–H groups in total. The molecule has 1 atom stereocenters. The van der Waals surface area contributed by atoms with Crippen molar-refractivity contribution in [3.8, 4) is 0 Å². The Morgan fingerprint density at radius 2 is 1.50 bits per heavy atom. The minimum atomic E-state index is 0.0111. The largest absolute Gasteiger partial charge is 0.327 e. The maximum atomic E-state index is 6.30. The monoisotopic (exact) mass is 295 g/mol. The van der Waals surface area contributed by atoms with E-state index in [-0.39, 0.29) is 6.04 Å². The van der Waals surface area contributed by atoms with E-state index in [4.69, 9.17) is 17.3 Å². The second-order valence-corrected chi connectivity index (χ2v) is 5.78. The molecular weight excluding hydrogens is 274 g/mol. The molecule has 0 aliphatic rings. The molecule has 0 saturated carbocycles. The van der Waals surface area contributed by atoms with Crippen molar-refractivity contribution in [3.05, 3.63) is 33.4 Å². The number of nitrogens with zero attached hydrogens (tertiary/aromatic N) is 4. The minimum Gasteiger partial charge on any atom is -0.327 e. The molecule has 0 spiro atoms. The molecule has 5 nitrogen and oxygen atoms in total. The summed E-state index contributed by atoms with van der Waals surface area (Å²) in [5.74, 6) is 0. The molecule has 2 rings (SSSR count). The van der Waals surface area contributed by atoms with Gasteiger partial charge in [-0.3, -0.25) is 9.36 Å². The molecule has 0 aliphatic carbocycles. The molecule has 0 radical (unpaired) electrons. The summed E-state index contributed by atoms with van der Waals surface area (Å²) in [5, 5.41) is 9.43. The van der Waals surface area contributed by atoms with Crippen LogP contribution in [0.2, 0.25) is 5.15 Å². The van der Waals surface area contributed by atoms with Crippen LogP contribution in [0.1, 0.15) is 28.2 Å². The zero-order valence-electron chi connectivity index (χ0n) is 12.7. The third-order valence-corrected chi connectivity index (χ3v) is 4.33. The van der Waals surface area contributed by atoms with Gasteiger partial charge in [-0.25, -0.2) is 0 Å².